The van der Waals surface area contributed by atoms with Gasteiger partial charge in [-0.1, -0.05) is 25.5 Å². The highest BCUT2D eigenvalue weighted by Gasteiger charge is 1.93. The minimum Gasteiger partial charge on any atom is -0.306 e. The third-order valence-electron chi connectivity index (χ3n) is 1.81. The van der Waals surface area contributed by atoms with Crippen molar-refractivity contribution in [3.05, 3.63) is 12.2 Å². The number of rotatable bonds is 6. The van der Waals surface area contributed by atoms with Gasteiger partial charge in [-0.3, -0.25) is 0 Å². The van der Waals surface area contributed by atoms with E-state index in [4.69, 9.17) is 0 Å². The van der Waals surface area contributed by atoms with Gasteiger partial charge in [-0.25, -0.2) is 0 Å². The van der Waals surface area contributed by atoms with Crippen LogP contribution in [0.2, 0.25) is 0 Å². The van der Waals surface area contributed by atoms with E-state index in [-0.39, 0.29) is 0 Å². The standard InChI is InChI=1S/C10H21N/c1-4-6-8-10-11(3)9-7-5-2/h4,6H,5,7-10H2,1-3H3/b6-4-. The van der Waals surface area contributed by atoms with Crippen molar-refractivity contribution in [3.63, 3.8) is 0 Å². The molecule has 66 valence electrons. The van der Waals surface area contributed by atoms with Crippen LogP contribution in [0.15, 0.2) is 12.2 Å². The van der Waals surface area contributed by atoms with Crippen molar-refractivity contribution in [1.29, 1.82) is 0 Å². The molecule has 0 unspecified atom stereocenters. The van der Waals surface area contributed by atoms with E-state index in [1.165, 1.54) is 32.4 Å². The highest BCUT2D eigenvalue weighted by atomic mass is 15.1. The maximum atomic E-state index is 2.39. The van der Waals surface area contributed by atoms with Gasteiger partial charge in [-0.05, 0) is 33.4 Å². The Bertz CT molecular complexity index is 97.0. The maximum Gasteiger partial charge on any atom is 0.00128 e. The molecule has 0 amide bonds. The summed E-state index contributed by atoms with van der Waals surface area (Å²) in [6.45, 7) is 6.75. The molecular weight excluding hydrogens is 134 g/mol. The van der Waals surface area contributed by atoms with Gasteiger partial charge in [0.05, 0.1) is 0 Å². The van der Waals surface area contributed by atoms with Crippen LogP contribution in [0.3, 0.4) is 0 Å². The lowest BCUT2D eigenvalue weighted by atomic mass is 10.3. The summed E-state index contributed by atoms with van der Waals surface area (Å²) in [5, 5.41) is 0. The molecule has 0 heterocycles. The first-order chi connectivity index (χ1) is 5.31. The first-order valence-corrected chi connectivity index (χ1v) is 4.61. The third kappa shape index (κ3) is 7.60. The fourth-order valence-corrected chi connectivity index (χ4v) is 1.00. The number of unbranched alkanes of at least 4 members (excludes halogenated alkanes) is 1. The molecule has 0 aliphatic rings. The summed E-state index contributed by atoms with van der Waals surface area (Å²) in [7, 11) is 2.19. The zero-order valence-electron chi connectivity index (χ0n) is 8.14. The zero-order valence-corrected chi connectivity index (χ0v) is 8.14. The van der Waals surface area contributed by atoms with Gasteiger partial charge < -0.3 is 4.90 Å². The molecule has 0 radical (unpaired) electrons. The molecule has 0 atom stereocenters. The van der Waals surface area contributed by atoms with E-state index in [1.807, 2.05) is 0 Å². The lowest BCUT2D eigenvalue weighted by Crippen LogP contribution is -2.20. The van der Waals surface area contributed by atoms with Crippen molar-refractivity contribution in [2.24, 2.45) is 0 Å². The van der Waals surface area contributed by atoms with Gasteiger partial charge in [-0.15, -0.1) is 0 Å². The molecule has 0 fully saturated rings. The Morgan fingerprint density at radius 3 is 2.55 bits per heavy atom. The number of hydrogen-bond donors (Lipinski definition) is 0. The SMILES string of the molecule is C/C=C\CCN(C)CCCC. The van der Waals surface area contributed by atoms with Crippen LogP contribution >= 0.6 is 0 Å². The molecule has 0 N–H and O–H groups in total. The summed E-state index contributed by atoms with van der Waals surface area (Å²) in [5.74, 6) is 0. The summed E-state index contributed by atoms with van der Waals surface area (Å²) >= 11 is 0. The molecule has 1 nitrogen and oxygen atoms in total. The summed E-state index contributed by atoms with van der Waals surface area (Å²) in [4.78, 5) is 2.39. The van der Waals surface area contributed by atoms with Crippen LogP contribution in [-0.4, -0.2) is 25.0 Å². The van der Waals surface area contributed by atoms with Gasteiger partial charge >= 0.3 is 0 Å². The third-order valence-corrected chi connectivity index (χ3v) is 1.81. The second-order valence-electron chi connectivity index (χ2n) is 3.01. The zero-order chi connectivity index (χ0) is 8.53. The lowest BCUT2D eigenvalue weighted by molar-refractivity contribution is 0.334. The van der Waals surface area contributed by atoms with Crippen molar-refractivity contribution in [3.8, 4) is 0 Å². The van der Waals surface area contributed by atoms with E-state index in [2.05, 4.69) is 37.9 Å². The molecule has 0 aromatic carbocycles. The van der Waals surface area contributed by atoms with E-state index in [1.54, 1.807) is 0 Å². The second-order valence-corrected chi connectivity index (χ2v) is 3.01. The first kappa shape index (κ1) is 10.7. The van der Waals surface area contributed by atoms with Crippen LogP contribution in [0.25, 0.3) is 0 Å². The topological polar surface area (TPSA) is 3.24 Å². The number of allylic oxidation sites excluding steroid dienone is 1. The normalized spacial score (nSPS) is 11.6. The molecule has 0 bridgehead atoms. The summed E-state index contributed by atoms with van der Waals surface area (Å²) in [6, 6.07) is 0. The fraction of sp³-hybridized carbons (Fsp3) is 0.800. The highest BCUT2D eigenvalue weighted by molar-refractivity contribution is 4.77. The Balaban J connectivity index is 3.15. The first-order valence-electron chi connectivity index (χ1n) is 4.61. The maximum absolute atomic E-state index is 2.39. The quantitative estimate of drug-likeness (QED) is 0.533. The lowest BCUT2D eigenvalue weighted by Gasteiger charge is -2.14. The van der Waals surface area contributed by atoms with Crippen LogP contribution in [-0.2, 0) is 0 Å². The monoisotopic (exact) mass is 155 g/mol. The van der Waals surface area contributed by atoms with Crippen LogP contribution in [0, 0.1) is 0 Å². The second kappa shape index (κ2) is 7.80. The average molecular weight is 155 g/mol. The van der Waals surface area contributed by atoms with Gasteiger partial charge in [0, 0.05) is 6.54 Å². The minimum atomic E-state index is 1.19. The minimum absolute atomic E-state index is 1.19. The molecule has 0 aliphatic carbocycles. The smallest absolute Gasteiger partial charge is 0.00128 e. The average Bonchev–Trinajstić information content (AvgIpc) is 2.01. The van der Waals surface area contributed by atoms with E-state index in [9.17, 15) is 0 Å². The van der Waals surface area contributed by atoms with Gasteiger partial charge in [0.2, 0.25) is 0 Å². The molecule has 0 saturated heterocycles. The van der Waals surface area contributed by atoms with Crippen LogP contribution in [0.4, 0.5) is 0 Å². The predicted molar refractivity (Wildman–Crippen MR) is 51.8 cm³/mol. The van der Waals surface area contributed by atoms with Crippen molar-refractivity contribution < 1.29 is 0 Å². The Morgan fingerprint density at radius 1 is 1.27 bits per heavy atom. The molecule has 0 saturated carbocycles. The Kier molecular flexibility index (Phi) is 7.59. The van der Waals surface area contributed by atoms with Crippen LogP contribution < -0.4 is 0 Å². The van der Waals surface area contributed by atoms with Gasteiger partial charge in [0.15, 0.2) is 0 Å². The number of nitrogens with zero attached hydrogens (tertiary/aromatic N) is 1. The molecule has 11 heavy (non-hydrogen) atoms. The van der Waals surface area contributed by atoms with Crippen LogP contribution in [0.5, 0.6) is 0 Å². The van der Waals surface area contributed by atoms with E-state index >= 15 is 0 Å². The van der Waals surface area contributed by atoms with E-state index in [0.717, 1.165) is 0 Å². The molecule has 0 aromatic heterocycles. The van der Waals surface area contributed by atoms with Gasteiger partial charge in [-0.2, -0.15) is 0 Å². The molecular formula is C10H21N. The highest BCUT2D eigenvalue weighted by Crippen LogP contribution is 1.93. The summed E-state index contributed by atoms with van der Waals surface area (Å²) in [5.41, 5.74) is 0. The van der Waals surface area contributed by atoms with Crippen molar-refractivity contribution >= 4 is 0 Å². The van der Waals surface area contributed by atoms with E-state index in [0.29, 0.717) is 0 Å². The molecule has 1 heteroatoms. The predicted octanol–water partition coefficient (Wildman–Crippen LogP) is 2.68. The van der Waals surface area contributed by atoms with Gasteiger partial charge in [0.25, 0.3) is 0 Å². The molecule has 0 rings (SSSR count). The molecule has 0 aromatic rings. The van der Waals surface area contributed by atoms with Crippen molar-refractivity contribution in [2.75, 3.05) is 20.1 Å². The molecule has 0 aliphatic heterocycles. The van der Waals surface area contributed by atoms with Crippen LogP contribution in [0.1, 0.15) is 33.1 Å². The van der Waals surface area contributed by atoms with E-state index < -0.39 is 0 Å². The largest absolute Gasteiger partial charge is 0.306 e. The Morgan fingerprint density at radius 2 is 2.00 bits per heavy atom. The Hall–Kier alpha value is -0.300. The van der Waals surface area contributed by atoms with Gasteiger partial charge in [0.1, 0.15) is 0 Å². The van der Waals surface area contributed by atoms with Crippen molar-refractivity contribution in [2.45, 2.75) is 33.1 Å². The molecule has 0 spiro atoms. The summed E-state index contributed by atoms with van der Waals surface area (Å²) < 4.78 is 0. The Labute approximate surface area is 71.1 Å². The number of hydrogen-bond acceptors (Lipinski definition) is 1. The van der Waals surface area contributed by atoms with Crippen molar-refractivity contribution in [1.82, 2.24) is 4.90 Å². The fourth-order valence-electron chi connectivity index (χ4n) is 1.00. The summed E-state index contributed by atoms with van der Waals surface area (Å²) in [6.07, 6.45) is 8.16.